The Morgan fingerprint density at radius 3 is 2.43 bits per heavy atom. The summed E-state index contributed by atoms with van der Waals surface area (Å²) in [4.78, 5) is 23.1. The minimum atomic E-state index is -4.70. The van der Waals surface area contributed by atoms with Gasteiger partial charge in [-0.1, -0.05) is 6.92 Å². The molecule has 116 valence electrons. The lowest BCUT2D eigenvalue weighted by molar-refractivity contribution is -0.143. The Balaban J connectivity index is 3.04. The molecule has 0 aliphatic rings. The molecule has 1 aromatic rings. The van der Waals surface area contributed by atoms with Gasteiger partial charge in [-0.05, 0) is 24.6 Å². The van der Waals surface area contributed by atoms with Crippen molar-refractivity contribution in [1.29, 1.82) is 0 Å². The van der Waals surface area contributed by atoms with Gasteiger partial charge in [0, 0.05) is 0 Å². The van der Waals surface area contributed by atoms with Gasteiger partial charge in [0.1, 0.15) is 11.9 Å². The second kappa shape index (κ2) is 6.55. The van der Waals surface area contributed by atoms with Gasteiger partial charge in [0.25, 0.3) is 5.91 Å². The van der Waals surface area contributed by atoms with Crippen molar-refractivity contribution < 1.29 is 31.9 Å². The van der Waals surface area contributed by atoms with E-state index in [1.807, 2.05) is 0 Å². The van der Waals surface area contributed by atoms with Crippen LogP contribution in [0.1, 0.15) is 29.3 Å². The van der Waals surface area contributed by atoms with Crippen molar-refractivity contribution in [3.05, 3.63) is 35.1 Å². The summed E-state index contributed by atoms with van der Waals surface area (Å²) in [6, 6.07) is 0.423. The van der Waals surface area contributed by atoms with E-state index >= 15 is 0 Å². The second-order valence-corrected chi connectivity index (χ2v) is 4.15. The molecule has 21 heavy (non-hydrogen) atoms. The first-order valence-electron chi connectivity index (χ1n) is 5.96. The fourth-order valence-electron chi connectivity index (χ4n) is 1.58. The molecule has 0 spiro atoms. The van der Waals surface area contributed by atoms with Gasteiger partial charge in [-0.3, -0.25) is 4.79 Å². The fraction of sp³-hybridized carbons (Fsp3) is 0.385. The van der Waals surface area contributed by atoms with Gasteiger partial charge in [0.05, 0.1) is 18.2 Å². The summed E-state index contributed by atoms with van der Waals surface area (Å²) in [5.41, 5.74) is -1.94. The quantitative estimate of drug-likeness (QED) is 0.687. The van der Waals surface area contributed by atoms with Crippen molar-refractivity contribution in [2.45, 2.75) is 25.6 Å². The van der Waals surface area contributed by atoms with Crippen LogP contribution in [0.15, 0.2) is 18.2 Å². The summed E-state index contributed by atoms with van der Waals surface area (Å²) in [5.74, 6) is -2.99. The maximum Gasteiger partial charge on any atom is 0.416 e. The number of nitrogens with one attached hydrogen (secondary N) is 1. The van der Waals surface area contributed by atoms with E-state index in [0.29, 0.717) is 18.2 Å². The largest absolute Gasteiger partial charge is 0.467 e. The number of benzene rings is 1. The highest BCUT2D eigenvalue weighted by Crippen LogP contribution is 2.30. The van der Waals surface area contributed by atoms with Crippen molar-refractivity contribution in [2.75, 3.05) is 7.11 Å². The maximum absolute atomic E-state index is 13.5. The number of amides is 1. The molecule has 1 rings (SSSR count). The molecule has 1 atom stereocenters. The van der Waals surface area contributed by atoms with Crippen LogP contribution in [0.2, 0.25) is 0 Å². The number of esters is 1. The van der Waals surface area contributed by atoms with Crippen LogP contribution < -0.4 is 5.32 Å². The second-order valence-electron chi connectivity index (χ2n) is 4.15. The van der Waals surface area contributed by atoms with Crippen LogP contribution in [-0.2, 0) is 15.7 Å². The van der Waals surface area contributed by atoms with E-state index in [0.717, 1.165) is 7.11 Å². The van der Waals surface area contributed by atoms with Crippen LogP contribution in [0.25, 0.3) is 0 Å². The lowest BCUT2D eigenvalue weighted by Crippen LogP contribution is -2.41. The molecule has 0 aromatic heterocycles. The number of methoxy groups -OCH3 is 1. The van der Waals surface area contributed by atoms with Crippen LogP contribution in [-0.4, -0.2) is 25.0 Å². The third kappa shape index (κ3) is 4.17. The smallest absolute Gasteiger partial charge is 0.416 e. The highest BCUT2D eigenvalue weighted by molar-refractivity contribution is 5.97. The Morgan fingerprint density at radius 2 is 1.95 bits per heavy atom. The van der Waals surface area contributed by atoms with Crippen molar-refractivity contribution in [3.8, 4) is 0 Å². The lowest BCUT2D eigenvalue weighted by Gasteiger charge is -2.15. The minimum absolute atomic E-state index is 0.152. The van der Waals surface area contributed by atoms with Crippen LogP contribution in [0, 0.1) is 5.82 Å². The predicted octanol–water partition coefficient (Wildman–Crippen LogP) is 2.53. The SMILES string of the molecule is CC[C@H](NC(=O)c1cc(C(F)(F)F)ccc1F)C(=O)OC. The number of hydrogen-bond acceptors (Lipinski definition) is 3. The molecule has 0 aliphatic carbocycles. The third-order valence-corrected chi connectivity index (χ3v) is 2.74. The van der Waals surface area contributed by atoms with Gasteiger partial charge >= 0.3 is 12.1 Å². The van der Waals surface area contributed by atoms with Crippen LogP contribution >= 0.6 is 0 Å². The van der Waals surface area contributed by atoms with Crippen LogP contribution in [0.5, 0.6) is 0 Å². The molecule has 4 nitrogen and oxygen atoms in total. The van der Waals surface area contributed by atoms with Crippen molar-refractivity contribution in [2.24, 2.45) is 0 Å². The molecule has 1 amide bonds. The number of rotatable bonds is 4. The first-order chi connectivity index (χ1) is 9.70. The average Bonchev–Trinajstić information content (AvgIpc) is 2.42. The fourth-order valence-corrected chi connectivity index (χ4v) is 1.58. The normalized spacial score (nSPS) is 12.7. The van der Waals surface area contributed by atoms with E-state index in [2.05, 4.69) is 10.1 Å². The lowest BCUT2D eigenvalue weighted by atomic mass is 10.1. The number of ether oxygens (including phenoxy) is 1. The molecule has 0 saturated heterocycles. The average molecular weight is 307 g/mol. The van der Waals surface area contributed by atoms with E-state index < -0.39 is 41.0 Å². The Hall–Kier alpha value is -2.12. The zero-order valence-electron chi connectivity index (χ0n) is 11.3. The minimum Gasteiger partial charge on any atom is -0.467 e. The number of halogens is 4. The molecule has 8 heteroatoms. The first-order valence-corrected chi connectivity index (χ1v) is 5.96. The number of carbonyl (C=O) groups excluding carboxylic acids is 2. The molecule has 0 radical (unpaired) electrons. The zero-order valence-corrected chi connectivity index (χ0v) is 11.3. The summed E-state index contributed by atoms with van der Waals surface area (Å²) in [5, 5.41) is 2.13. The van der Waals surface area contributed by atoms with Gasteiger partial charge in [-0.15, -0.1) is 0 Å². The van der Waals surface area contributed by atoms with Gasteiger partial charge in [-0.2, -0.15) is 13.2 Å². The van der Waals surface area contributed by atoms with Crippen LogP contribution in [0.3, 0.4) is 0 Å². The number of carbonyl (C=O) groups is 2. The monoisotopic (exact) mass is 307 g/mol. The highest BCUT2D eigenvalue weighted by Gasteiger charge is 2.32. The molecule has 0 aliphatic heterocycles. The molecule has 1 aromatic carbocycles. The number of hydrogen-bond donors (Lipinski definition) is 1. The topological polar surface area (TPSA) is 55.4 Å². The van der Waals surface area contributed by atoms with Crippen molar-refractivity contribution in [1.82, 2.24) is 5.32 Å². The summed E-state index contributed by atoms with van der Waals surface area (Å²) >= 11 is 0. The first kappa shape index (κ1) is 16.9. The van der Waals surface area contributed by atoms with E-state index in [1.165, 1.54) is 0 Å². The Labute approximate surface area is 118 Å². The molecular weight excluding hydrogens is 294 g/mol. The van der Waals surface area contributed by atoms with E-state index in [-0.39, 0.29) is 6.42 Å². The van der Waals surface area contributed by atoms with Gasteiger partial charge < -0.3 is 10.1 Å². The summed E-state index contributed by atoms with van der Waals surface area (Å²) < 4.78 is 55.6. The van der Waals surface area contributed by atoms with Crippen molar-refractivity contribution in [3.63, 3.8) is 0 Å². The summed E-state index contributed by atoms with van der Waals surface area (Å²) in [6.45, 7) is 1.56. The van der Waals surface area contributed by atoms with Gasteiger partial charge in [-0.25, -0.2) is 9.18 Å². The molecule has 0 fully saturated rings. The van der Waals surface area contributed by atoms with E-state index in [9.17, 15) is 27.2 Å². The summed E-state index contributed by atoms with van der Waals surface area (Å²) in [7, 11) is 1.10. The molecular formula is C13H13F4NO3. The predicted molar refractivity (Wildman–Crippen MR) is 65.0 cm³/mol. The van der Waals surface area contributed by atoms with Crippen molar-refractivity contribution >= 4 is 11.9 Å². The molecule has 0 heterocycles. The molecule has 0 bridgehead atoms. The molecule has 1 N–H and O–H groups in total. The van der Waals surface area contributed by atoms with E-state index in [1.54, 1.807) is 6.92 Å². The Kier molecular flexibility index (Phi) is 5.28. The molecule has 0 saturated carbocycles. The summed E-state index contributed by atoms with van der Waals surface area (Å²) in [6.07, 6.45) is -4.55. The van der Waals surface area contributed by atoms with Gasteiger partial charge in [0.2, 0.25) is 0 Å². The van der Waals surface area contributed by atoms with Crippen LogP contribution in [0.4, 0.5) is 17.6 Å². The van der Waals surface area contributed by atoms with Gasteiger partial charge in [0.15, 0.2) is 0 Å². The third-order valence-electron chi connectivity index (χ3n) is 2.74. The maximum atomic E-state index is 13.5. The highest BCUT2D eigenvalue weighted by atomic mass is 19.4. The number of alkyl halides is 3. The zero-order chi connectivity index (χ0) is 16.2. The Morgan fingerprint density at radius 1 is 1.33 bits per heavy atom. The Bertz CT molecular complexity index is 543. The van der Waals surface area contributed by atoms with E-state index in [4.69, 9.17) is 0 Å². The standard InChI is InChI=1S/C13H13F4NO3/c1-3-10(12(20)21-2)18-11(19)8-6-7(13(15,16)17)4-5-9(8)14/h4-6,10H,3H2,1-2H3,(H,18,19)/t10-/m0/s1. The molecule has 0 unspecified atom stereocenters.